The van der Waals surface area contributed by atoms with Crippen LogP contribution in [0, 0.1) is 11.7 Å². The summed E-state index contributed by atoms with van der Waals surface area (Å²) in [7, 11) is 0. The first-order valence-corrected chi connectivity index (χ1v) is 6.70. The smallest absolute Gasteiger partial charge is 0.258 e. The third-order valence-corrected chi connectivity index (χ3v) is 3.18. The van der Waals surface area contributed by atoms with E-state index in [1.165, 1.54) is 12.1 Å². The van der Waals surface area contributed by atoms with Crippen molar-refractivity contribution < 1.29 is 14.3 Å². The van der Waals surface area contributed by atoms with E-state index in [9.17, 15) is 14.3 Å². The fraction of sp³-hybridized carbons (Fsp3) is 0.417. The molecule has 94 valence electrons. The number of carbonyl (C=O) groups excluding carboxylic acids is 1. The van der Waals surface area contributed by atoms with Crippen molar-refractivity contribution in [2.45, 2.75) is 6.92 Å². The van der Waals surface area contributed by atoms with E-state index >= 15 is 0 Å². The van der Waals surface area contributed by atoms with Crippen LogP contribution in [0.2, 0.25) is 0 Å². The molecule has 5 heteroatoms. The molecule has 1 aromatic carbocycles. The van der Waals surface area contributed by atoms with E-state index < -0.39 is 11.7 Å². The van der Waals surface area contributed by atoms with Gasteiger partial charge in [-0.15, -0.1) is 0 Å². The number of phenolic OH excluding ortho intramolecular Hbond substituents is 1. The Balaban J connectivity index is 2.64. The Kier molecular flexibility index (Phi) is 5.28. The first-order valence-electron chi connectivity index (χ1n) is 5.31. The number of benzene rings is 1. The van der Waals surface area contributed by atoms with Crippen molar-refractivity contribution in [3.63, 3.8) is 0 Å². The third-order valence-electron chi connectivity index (χ3n) is 2.28. The molecule has 3 nitrogen and oxygen atoms in total. The van der Waals surface area contributed by atoms with E-state index in [2.05, 4.69) is 5.32 Å². The van der Waals surface area contributed by atoms with Crippen LogP contribution in [0.3, 0.4) is 0 Å². The van der Waals surface area contributed by atoms with Crippen LogP contribution in [0.5, 0.6) is 5.75 Å². The number of nitrogens with one attached hydrogen (secondary N) is 1. The number of phenols is 1. The van der Waals surface area contributed by atoms with Crippen molar-refractivity contribution in [2.75, 3.05) is 18.6 Å². The first kappa shape index (κ1) is 13.8. The van der Waals surface area contributed by atoms with Gasteiger partial charge in [0.25, 0.3) is 5.91 Å². The van der Waals surface area contributed by atoms with Crippen molar-refractivity contribution in [2.24, 2.45) is 5.92 Å². The van der Waals surface area contributed by atoms with Crippen LogP contribution in [0.15, 0.2) is 18.2 Å². The Bertz CT molecular complexity index is 378. The van der Waals surface area contributed by atoms with Crippen LogP contribution in [0.4, 0.5) is 4.39 Å². The Morgan fingerprint density at radius 2 is 2.29 bits per heavy atom. The molecule has 1 rings (SSSR count). The molecule has 0 saturated carbocycles. The highest BCUT2D eigenvalue weighted by Gasteiger charge is 2.16. The van der Waals surface area contributed by atoms with Crippen molar-refractivity contribution in [3.8, 4) is 5.75 Å². The predicted molar refractivity (Wildman–Crippen MR) is 67.9 cm³/mol. The molecule has 0 fully saturated rings. The molecular formula is C12H16FNO2S. The van der Waals surface area contributed by atoms with Gasteiger partial charge < -0.3 is 10.4 Å². The summed E-state index contributed by atoms with van der Waals surface area (Å²) < 4.78 is 13.3. The minimum absolute atomic E-state index is 0.288. The highest BCUT2D eigenvalue weighted by molar-refractivity contribution is 7.98. The summed E-state index contributed by atoms with van der Waals surface area (Å²) in [6, 6.07) is 3.81. The van der Waals surface area contributed by atoms with E-state index in [1.54, 1.807) is 11.8 Å². The Labute approximate surface area is 104 Å². The molecule has 1 amide bonds. The number of aromatic hydroxyl groups is 1. The number of carbonyl (C=O) groups is 1. The van der Waals surface area contributed by atoms with Gasteiger partial charge in [-0.05, 0) is 30.1 Å². The van der Waals surface area contributed by atoms with E-state index in [-0.39, 0.29) is 11.3 Å². The van der Waals surface area contributed by atoms with E-state index in [0.717, 1.165) is 11.8 Å². The minimum Gasteiger partial charge on any atom is -0.507 e. The monoisotopic (exact) mass is 257 g/mol. The lowest BCUT2D eigenvalue weighted by Crippen LogP contribution is -2.29. The molecule has 0 aliphatic carbocycles. The van der Waals surface area contributed by atoms with Crippen molar-refractivity contribution >= 4 is 17.7 Å². The van der Waals surface area contributed by atoms with Crippen molar-refractivity contribution in [1.29, 1.82) is 0 Å². The van der Waals surface area contributed by atoms with Crippen LogP contribution in [-0.4, -0.2) is 29.6 Å². The Hall–Kier alpha value is -1.23. The number of hydrogen-bond acceptors (Lipinski definition) is 3. The van der Waals surface area contributed by atoms with Gasteiger partial charge in [0, 0.05) is 6.54 Å². The summed E-state index contributed by atoms with van der Waals surface area (Å²) in [6.45, 7) is 2.46. The summed E-state index contributed by atoms with van der Waals surface area (Å²) in [6.07, 6.45) is 1.99. The van der Waals surface area contributed by atoms with Gasteiger partial charge in [0.05, 0.1) is 0 Å². The van der Waals surface area contributed by atoms with Crippen molar-refractivity contribution in [1.82, 2.24) is 5.32 Å². The zero-order valence-electron chi connectivity index (χ0n) is 9.87. The maximum Gasteiger partial charge on any atom is 0.258 e. The lowest BCUT2D eigenvalue weighted by Gasteiger charge is -2.12. The van der Waals surface area contributed by atoms with Gasteiger partial charge in [-0.1, -0.05) is 13.0 Å². The summed E-state index contributed by atoms with van der Waals surface area (Å²) in [4.78, 5) is 11.7. The molecule has 0 aromatic heterocycles. The average Bonchev–Trinajstić information content (AvgIpc) is 2.26. The SMILES string of the molecule is CSCC(C)CNC(=O)c1c(O)cccc1F. The van der Waals surface area contributed by atoms with Crippen molar-refractivity contribution in [3.05, 3.63) is 29.6 Å². The standard InChI is InChI=1S/C12H16FNO2S/c1-8(7-17-2)6-14-12(16)11-9(13)4-3-5-10(11)15/h3-5,8,15H,6-7H2,1-2H3,(H,14,16). The summed E-state index contributed by atoms with van der Waals surface area (Å²) in [5, 5.41) is 12.0. The lowest BCUT2D eigenvalue weighted by molar-refractivity contribution is 0.0942. The molecule has 0 aliphatic heterocycles. The molecule has 0 spiro atoms. The van der Waals surface area contributed by atoms with Gasteiger partial charge in [-0.3, -0.25) is 4.79 Å². The zero-order valence-corrected chi connectivity index (χ0v) is 10.7. The molecule has 17 heavy (non-hydrogen) atoms. The first-order chi connectivity index (χ1) is 8.06. The van der Waals surface area contributed by atoms with Gasteiger partial charge in [0.15, 0.2) is 0 Å². The maximum absolute atomic E-state index is 13.3. The van der Waals surface area contributed by atoms with Gasteiger partial charge in [-0.25, -0.2) is 4.39 Å². The topological polar surface area (TPSA) is 49.3 Å². The minimum atomic E-state index is -0.708. The Morgan fingerprint density at radius 3 is 2.88 bits per heavy atom. The predicted octanol–water partition coefficient (Wildman–Crippen LogP) is 2.26. The number of thioether (sulfide) groups is 1. The second-order valence-corrected chi connectivity index (χ2v) is 4.82. The van der Waals surface area contributed by atoms with Crippen LogP contribution >= 0.6 is 11.8 Å². The fourth-order valence-corrected chi connectivity index (χ4v) is 2.12. The van der Waals surface area contributed by atoms with Crippen LogP contribution in [-0.2, 0) is 0 Å². The van der Waals surface area contributed by atoms with E-state index in [1.807, 2.05) is 13.2 Å². The van der Waals surface area contributed by atoms with Crippen LogP contribution < -0.4 is 5.32 Å². The largest absolute Gasteiger partial charge is 0.507 e. The van der Waals surface area contributed by atoms with Gasteiger partial charge in [0.2, 0.25) is 0 Å². The third kappa shape index (κ3) is 3.93. The summed E-state index contributed by atoms with van der Waals surface area (Å²) >= 11 is 1.69. The van der Waals surface area contributed by atoms with Gasteiger partial charge >= 0.3 is 0 Å². The molecule has 0 radical (unpaired) electrons. The molecule has 0 bridgehead atoms. The molecular weight excluding hydrogens is 241 g/mol. The summed E-state index contributed by atoms with van der Waals surface area (Å²) in [5.74, 6) is -0.389. The molecule has 0 aliphatic rings. The number of amides is 1. The van der Waals surface area contributed by atoms with Crippen LogP contribution in [0.25, 0.3) is 0 Å². The average molecular weight is 257 g/mol. The lowest BCUT2D eigenvalue weighted by atomic mass is 10.1. The fourth-order valence-electron chi connectivity index (χ4n) is 1.44. The molecule has 1 unspecified atom stereocenters. The molecule has 0 heterocycles. The second kappa shape index (κ2) is 6.49. The number of rotatable bonds is 5. The molecule has 1 atom stereocenters. The van der Waals surface area contributed by atoms with Gasteiger partial charge in [0.1, 0.15) is 17.1 Å². The maximum atomic E-state index is 13.3. The van der Waals surface area contributed by atoms with Gasteiger partial charge in [-0.2, -0.15) is 11.8 Å². The van der Waals surface area contributed by atoms with E-state index in [4.69, 9.17) is 0 Å². The molecule has 2 N–H and O–H groups in total. The zero-order chi connectivity index (χ0) is 12.8. The van der Waals surface area contributed by atoms with E-state index in [0.29, 0.717) is 12.5 Å². The highest BCUT2D eigenvalue weighted by atomic mass is 32.2. The Morgan fingerprint density at radius 1 is 1.59 bits per heavy atom. The quantitative estimate of drug-likeness (QED) is 0.850. The summed E-state index contributed by atoms with van der Waals surface area (Å²) in [5.41, 5.74) is -0.288. The molecule has 1 aromatic rings. The van der Waals surface area contributed by atoms with Crippen LogP contribution in [0.1, 0.15) is 17.3 Å². The highest BCUT2D eigenvalue weighted by Crippen LogP contribution is 2.19. The molecule has 0 saturated heterocycles. The second-order valence-electron chi connectivity index (χ2n) is 3.90. The normalized spacial score (nSPS) is 12.2. The number of hydrogen-bond donors (Lipinski definition) is 2. The number of halogens is 1.